The first-order valence-electron chi connectivity index (χ1n) is 5.36. The monoisotopic (exact) mass is 170 g/mol. The number of hydrazine groups is 1. The minimum atomic E-state index is 0.696. The van der Waals surface area contributed by atoms with Gasteiger partial charge < -0.3 is 0 Å². The first-order valence-corrected chi connectivity index (χ1v) is 5.36. The molecule has 1 aliphatic rings. The number of hydrogen-bond acceptors (Lipinski definition) is 2. The van der Waals surface area contributed by atoms with E-state index in [-0.39, 0.29) is 0 Å². The molecule has 2 heteroatoms. The van der Waals surface area contributed by atoms with Crippen LogP contribution in [0, 0.1) is 0 Å². The topological polar surface area (TPSA) is 29.3 Å². The molecule has 0 aromatic carbocycles. The van der Waals surface area contributed by atoms with Gasteiger partial charge in [0.15, 0.2) is 0 Å². The second kappa shape index (κ2) is 5.55. The van der Waals surface area contributed by atoms with Crippen LogP contribution >= 0.6 is 0 Å². The van der Waals surface area contributed by atoms with Crippen LogP contribution in [0.4, 0.5) is 0 Å². The van der Waals surface area contributed by atoms with E-state index in [1.165, 1.54) is 44.9 Å². The Hall–Kier alpha value is -0.0800. The molecule has 1 atom stereocenters. The molecule has 1 rings (SSSR count). The lowest BCUT2D eigenvalue weighted by atomic mass is 10.1. The third-order valence-corrected chi connectivity index (χ3v) is 2.81. The van der Waals surface area contributed by atoms with Crippen molar-refractivity contribution in [2.75, 3.05) is 6.54 Å². The Labute approximate surface area is 76.1 Å². The fourth-order valence-electron chi connectivity index (χ4n) is 1.97. The molecular weight excluding hydrogens is 148 g/mol. The first kappa shape index (κ1) is 10.0. The first-order chi connectivity index (χ1) is 5.84. The lowest BCUT2D eigenvalue weighted by Crippen LogP contribution is -2.35. The Kier molecular flexibility index (Phi) is 4.62. The molecule has 72 valence electrons. The zero-order valence-corrected chi connectivity index (χ0v) is 8.26. The van der Waals surface area contributed by atoms with Gasteiger partial charge in [-0.15, -0.1) is 0 Å². The third kappa shape index (κ3) is 3.11. The smallest absolute Gasteiger partial charge is 0.0241 e. The Morgan fingerprint density at radius 2 is 2.17 bits per heavy atom. The highest BCUT2D eigenvalue weighted by Crippen LogP contribution is 2.18. The minimum absolute atomic E-state index is 0.696. The minimum Gasteiger partial charge on any atom is -0.269 e. The van der Waals surface area contributed by atoms with Gasteiger partial charge in [0.05, 0.1) is 0 Å². The van der Waals surface area contributed by atoms with E-state index >= 15 is 0 Å². The highest BCUT2D eigenvalue weighted by atomic mass is 15.4. The molecule has 1 saturated heterocycles. The van der Waals surface area contributed by atoms with Crippen LogP contribution in [0.15, 0.2) is 0 Å². The number of hydrogen-bond donors (Lipinski definition) is 1. The van der Waals surface area contributed by atoms with Gasteiger partial charge in [-0.25, -0.2) is 5.01 Å². The van der Waals surface area contributed by atoms with Gasteiger partial charge in [0, 0.05) is 12.6 Å². The number of nitrogens with zero attached hydrogens (tertiary/aromatic N) is 1. The number of rotatable bonds is 5. The molecular formula is C10H22N2. The van der Waals surface area contributed by atoms with Crippen molar-refractivity contribution < 1.29 is 0 Å². The van der Waals surface area contributed by atoms with Crippen LogP contribution in [0.1, 0.15) is 51.9 Å². The summed E-state index contributed by atoms with van der Waals surface area (Å²) in [5, 5.41) is 2.03. The maximum absolute atomic E-state index is 5.83. The average Bonchev–Trinajstić information content (AvgIpc) is 2.46. The molecule has 0 aromatic heterocycles. The van der Waals surface area contributed by atoms with E-state index in [9.17, 15) is 0 Å². The van der Waals surface area contributed by atoms with Crippen LogP contribution in [-0.2, 0) is 0 Å². The summed E-state index contributed by atoms with van der Waals surface area (Å²) >= 11 is 0. The predicted octanol–water partition coefficient (Wildman–Crippen LogP) is 2.29. The van der Waals surface area contributed by atoms with Gasteiger partial charge in [-0.2, -0.15) is 0 Å². The van der Waals surface area contributed by atoms with Gasteiger partial charge in [0.25, 0.3) is 0 Å². The number of nitrogens with two attached hydrogens (primary N) is 1. The largest absolute Gasteiger partial charge is 0.269 e. The lowest BCUT2D eigenvalue weighted by Gasteiger charge is -2.18. The van der Waals surface area contributed by atoms with Gasteiger partial charge >= 0.3 is 0 Å². The molecule has 0 aliphatic carbocycles. The molecule has 0 aromatic rings. The maximum atomic E-state index is 5.83. The van der Waals surface area contributed by atoms with E-state index in [4.69, 9.17) is 5.84 Å². The van der Waals surface area contributed by atoms with Crippen LogP contribution in [0.3, 0.4) is 0 Å². The second-order valence-corrected chi connectivity index (χ2v) is 3.88. The van der Waals surface area contributed by atoms with Crippen molar-refractivity contribution >= 4 is 0 Å². The van der Waals surface area contributed by atoms with Crippen LogP contribution in [0.5, 0.6) is 0 Å². The molecule has 1 aliphatic heterocycles. The summed E-state index contributed by atoms with van der Waals surface area (Å²) in [5.41, 5.74) is 0. The molecule has 0 spiro atoms. The van der Waals surface area contributed by atoms with Gasteiger partial charge in [-0.3, -0.25) is 5.84 Å². The Bertz CT molecular complexity index is 114. The van der Waals surface area contributed by atoms with Crippen molar-refractivity contribution in [1.82, 2.24) is 5.01 Å². The highest BCUT2D eigenvalue weighted by Gasteiger charge is 2.20. The van der Waals surface area contributed by atoms with Crippen LogP contribution < -0.4 is 5.84 Å². The Morgan fingerprint density at radius 3 is 2.75 bits per heavy atom. The summed E-state index contributed by atoms with van der Waals surface area (Å²) in [7, 11) is 0. The lowest BCUT2D eigenvalue weighted by molar-refractivity contribution is 0.245. The quantitative estimate of drug-likeness (QED) is 0.506. The Morgan fingerprint density at radius 1 is 1.33 bits per heavy atom. The van der Waals surface area contributed by atoms with Gasteiger partial charge in [-0.05, 0) is 19.3 Å². The molecule has 2 nitrogen and oxygen atoms in total. The molecule has 0 bridgehead atoms. The molecule has 1 unspecified atom stereocenters. The molecule has 2 N–H and O–H groups in total. The van der Waals surface area contributed by atoms with Gasteiger partial charge in [0.1, 0.15) is 0 Å². The van der Waals surface area contributed by atoms with E-state index in [1.807, 2.05) is 5.01 Å². The van der Waals surface area contributed by atoms with Gasteiger partial charge in [-0.1, -0.05) is 32.6 Å². The SMILES string of the molecule is CCCCCCC1CCCN1N. The molecule has 1 heterocycles. The third-order valence-electron chi connectivity index (χ3n) is 2.81. The van der Waals surface area contributed by atoms with Crippen molar-refractivity contribution in [2.24, 2.45) is 5.84 Å². The zero-order valence-electron chi connectivity index (χ0n) is 8.26. The van der Waals surface area contributed by atoms with Crippen LogP contribution in [-0.4, -0.2) is 17.6 Å². The summed E-state index contributed by atoms with van der Waals surface area (Å²) in [6, 6.07) is 0.696. The normalized spacial score (nSPS) is 25.0. The van der Waals surface area contributed by atoms with E-state index in [2.05, 4.69) is 6.92 Å². The van der Waals surface area contributed by atoms with Crippen LogP contribution in [0.2, 0.25) is 0 Å². The molecule has 0 amide bonds. The standard InChI is InChI=1S/C10H22N2/c1-2-3-4-5-7-10-8-6-9-12(10)11/h10H,2-9,11H2,1H3. The van der Waals surface area contributed by atoms with E-state index in [1.54, 1.807) is 0 Å². The number of unbranched alkanes of at least 4 members (excludes halogenated alkanes) is 3. The van der Waals surface area contributed by atoms with Crippen molar-refractivity contribution in [3.8, 4) is 0 Å². The fraction of sp³-hybridized carbons (Fsp3) is 1.00. The van der Waals surface area contributed by atoms with E-state index in [0.717, 1.165) is 6.54 Å². The summed E-state index contributed by atoms with van der Waals surface area (Å²) in [6.07, 6.45) is 9.41. The summed E-state index contributed by atoms with van der Waals surface area (Å²) < 4.78 is 0. The Balaban J connectivity index is 1.98. The van der Waals surface area contributed by atoms with Crippen molar-refractivity contribution in [1.29, 1.82) is 0 Å². The summed E-state index contributed by atoms with van der Waals surface area (Å²) in [5.74, 6) is 5.83. The molecule has 1 fully saturated rings. The maximum Gasteiger partial charge on any atom is 0.0241 e. The summed E-state index contributed by atoms with van der Waals surface area (Å²) in [6.45, 7) is 3.36. The van der Waals surface area contributed by atoms with E-state index < -0.39 is 0 Å². The second-order valence-electron chi connectivity index (χ2n) is 3.88. The zero-order chi connectivity index (χ0) is 8.81. The highest BCUT2D eigenvalue weighted by molar-refractivity contribution is 4.74. The molecule has 0 saturated carbocycles. The fourth-order valence-corrected chi connectivity index (χ4v) is 1.97. The molecule has 12 heavy (non-hydrogen) atoms. The van der Waals surface area contributed by atoms with Crippen molar-refractivity contribution in [3.63, 3.8) is 0 Å². The van der Waals surface area contributed by atoms with Crippen molar-refractivity contribution in [3.05, 3.63) is 0 Å². The van der Waals surface area contributed by atoms with Crippen molar-refractivity contribution in [2.45, 2.75) is 57.9 Å². The van der Waals surface area contributed by atoms with E-state index in [0.29, 0.717) is 6.04 Å². The average molecular weight is 170 g/mol. The predicted molar refractivity (Wildman–Crippen MR) is 52.7 cm³/mol. The van der Waals surface area contributed by atoms with Gasteiger partial charge in [0.2, 0.25) is 0 Å². The molecule has 0 radical (unpaired) electrons. The summed E-state index contributed by atoms with van der Waals surface area (Å²) in [4.78, 5) is 0. The van der Waals surface area contributed by atoms with Crippen LogP contribution in [0.25, 0.3) is 0 Å².